The van der Waals surface area contributed by atoms with Gasteiger partial charge in [-0.05, 0) is 35.8 Å². The van der Waals surface area contributed by atoms with Gasteiger partial charge >= 0.3 is 6.03 Å². The van der Waals surface area contributed by atoms with Gasteiger partial charge in [-0.3, -0.25) is 0 Å². The molecule has 2 rings (SSSR count). The molecule has 0 spiro atoms. The second kappa shape index (κ2) is 7.66. The monoisotopic (exact) mass is 302 g/mol. The Hall–Kier alpha value is -1.51. The Labute approximate surface area is 135 Å². The fourth-order valence-corrected chi connectivity index (χ4v) is 3.16. The second-order valence-corrected chi connectivity index (χ2v) is 6.95. The average Bonchev–Trinajstić information content (AvgIpc) is 2.76. The molecule has 0 aromatic heterocycles. The minimum absolute atomic E-state index is 0.0666. The molecule has 0 atom stereocenters. The van der Waals surface area contributed by atoms with Crippen LogP contribution in [0, 0.1) is 0 Å². The Morgan fingerprint density at radius 2 is 1.45 bits per heavy atom. The van der Waals surface area contributed by atoms with Crippen LogP contribution in [-0.2, 0) is 0 Å². The van der Waals surface area contributed by atoms with Crippen LogP contribution in [0.2, 0.25) is 0 Å². The normalized spacial score (nSPS) is 16.0. The van der Waals surface area contributed by atoms with E-state index in [-0.39, 0.29) is 6.03 Å². The number of hydrogen-bond acceptors (Lipinski definition) is 1. The summed E-state index contributed by atoms with van der Waals surface area (Å²) in [5.74, 6) is 0.802. The van der Waals surface area contributed by atoms with Gasteiger partial charge in [0.25, 0.3) is 0 Å². The van der Waals surface area contributed by atoms with Crippen LogP contribution in [0.4, 0.5) is 10.5 Å². The van der Waals surface area contributed by atoms with Gasteiger partial charge in [-0.1, -0.05) is 58.7 Å². The molecule has 1 heterocycles. The lowest BCUT2D eigenvalue weighted by molar-refractivity contribution is 0.213. The highest BCUT2D eigenvalue weighted by atomic mass is 16.2. The summed E-state index contributed by atoms with van der Waals surface area (Å²) in [5, 5.41) is 3.23. The molecule has 122 valence electrons. The van der Waals surface area contributed by atoms with Gasteiger partial charge < -0.3 is 10.2 Å². The molecule has 3 nitrogen and oxygen atoms in total. The van der Waals surface area contributed by atoms with Crippen molar-refractivity contribution in [1.82, 2.24) is 4.90 Å². The molecule has 0 aliphatic carbocycles. The van der Waals surface area contributed by atoms with Gasteiger partial charge in [0.1, 0.15) is 0 Å². The van der Waals surface area contributed by atoms with Gasteiger partial charge in [-0.2, -0.15) is 0 Å². The number of urea groups is 1. The van der Waals surface area contributed by atoms with Crippen molar-refractivity contribution in [2.45, 2.75) is 65.2 Å². The Kier molecular flexibility index (Phi) is 5.87. The third-order valence-electron chi connectivity index (χ3n) is 4.50. The first-order chi connectivity index (χ1) is 10.5. The number of carbonyl (C=O) groups is 1. The van der Waals surface area contributed by atoms with Crippen molar-refractivity contribution in [1.29, 1.82) is 0 Å². The van der Waals surface area contributed by atoms with Crippen LogP contribution in [0.3, 0.4) is 0 Å². The molecule has 1 aliphatic heterocycles. The van der Waals surface area contributed by atoms with E-state index in [0.717, 1.165) is 31.6 Å². The van der Waals surface area contributed by atoms with Gasteiger partial charge in [0, 0.05) is 18.8 Å². The number of likely N-dealkylation sites (tertiary alicyclic amines) is 1. The SMILES string of the molecule is CC(C)c1cccc(C(C)C)c1NC(=O)N1CCCCCC1. The van der Waals surface area contributed by atoms with Crippen molar-refractivity contribution >= 4 is 11.7 Å². The number of hydrogen-bond donors (Lipinski definition) is 1. The van der Waals surface area contributed by atoms with Crippen LogP contribution in [-0.4, -0.2) is 24.0 Å². The van der Waals surface area contributed by atoms with Crippen molar-refractivity contribution in [2.75, 3.05) is 18.4 Å². The average molecular weight is 302 g/mol. The fourth-order valence-electron chi connectivity index (χ4n) is 3.16. The number of rotatable bonds is 3. The molecule has 1 aliphatic rings. The summed E-state index contributed by atoms with van der Waals surface area (Å²) < 4.78 is 0. The van der Waals surface area contributed by atoms with E-state index >= 15 is 0 Å². The minimum Gasteiger partial charge on any atom is -0.325 e. The Balaban J connectivity index is 2.24. The first-order valence-electron chi connectivity index (χ1n) is 8.69. The van der Waals surface area contributed by atoms with Gasteiger partial charge in [-0.25, -0.2) is 4.79 Å². The van der Waals surface area contributed by atoms with E-state index in [0.29, 0.717) is 11.8 Å². The summed E-state index contributed by atoms with van der Waals surface area (Å²) in [7, 11) is 0. The third kappa shape index (κ3) is 4.02. The molecule has 1 fully saturated rings. The number of carbonyl (C=O) groups excluding carboxylic acids is 1. The standard InChI is InChI=1S/C19H30N2O/c1-14(2)16-10-9-11-17(15(3)4)18(16)20-19(22)21-12-7-5-6-8-13-21/h9-11,14-15H,5-8,12-13H2,1-4H3,(H,20,22). The highest BCUT2D eigenvalue weighted by molar-refractivity contribution is 5.91. The number of nitrogens with zero attached hydrogens (tertiary/aromatic N) is 1. The summed E-state index contributed by atoms with van der Waals surface area (Å²) >= 11 is 0. The molecule has 0 bridgehead atoms. The third-order valence-corrected chi connectivity index (χ3v) is 4.50. The van der Waals surface area contributed by atoms with Crippen LogP contribution < -0.4 is 5.32 Å². The first kappa shape index (κ1) is 16.9. The van der Waals surface area contributed by atoms with Gasteiger partial charge in [-0.15, -0.1) is 0 Å². The molecular formula is C19H30N2O. The van der Waals surface area contributed by atoms with E-state index in [1.165, 1.54) is 24.0 Å². The largest absolute Gasteiger partial charge is 0.325 e. The number of anilines is 1. The number of benzene rings is 1. The molecule has 0 saturated carbocycles. The molecule has 1 saturated heterocycles. The lowest BCUT2D eigenvalue weighted by Crippen LogP contribution is -2.36. The first-order valence-corrected chi connectivity index (χ1v) is 8.69. The van der Waals surface area contributed by atoms with E-state index in [2.05, 4.69) is 51.2 Å². The van der Waals surface area contributed by atoms with E-state index in [9.17, 15) is 4.79 Å². The maximum Gasteiger partial charge on any atom is 0.321 e. The Bertz CT molecular complexity index is 474. The molecular weight excluding hydrogens is 272 g/mol. The maximum absolute atomic E-state index is 12.7. The summed E-state index contributed by atoms with van der Waals surface area (Å²) in [6.07, 6.45) is 4.72. The summed E-state index contributed by atoms with van der Waals surface area (Å²) in [4.78, 5) is 14.7. The van der Waals surface area contributed by atoms with Crippen molar-refractivity contribution in [2.24, 2.45) is 0 Å². The lowest BCUT2D eigenvalue weighted by Gasteiger charge is -2.25. The Morgan fingerprint density at radius 1 is 0.955 bits per heavy atom. The zero-order valence-electron chi connectivity index (χ0n) is 14.5. The predicted molar refractivity (Wildman–Crippen MR) is 93.7 cm³/mol. The summed E-state index contributed by atoms with van der Waals surface area (Å²) in [6, 6.07) is 6.44. The summed E-state index contributed by atoms with van der Waals surface area (Å²) in [6.45, 7) is 10.5. The van der Waals surface area contributed by atoms with Crippen LogP contribution in [0.5, 0.6) is 0 Å². The number of para-hydroxylation sites is 1. The quantitative estimate of drug-likeness (QED) is 0.803. The van der Waals surface area contributed by atoms with Crippen LogP contribution >= 0.6 is 0 Å². The fraction of sp³-hybridized carbons (Fsp3) is 0.632. The molecule has 22 heavy (non-hydrogen) atoms. The van der Waals surface area contributed by atoms with E-state index in [4.69, 9.17) is 0 Å². The summed E-state index contributed by atoms with van der Waals surface area (Å²) in [5.41, 5.74) is 3.49. The molecule has 3 heteroatoms. The molecule has 1 N–H and O–H groups in total. The molecule has 1 aromatic rings. The molecule has 0 radical (unpaired) electrons. The highest BCUT2D eigenvalue weighted by Gasteiger charge is 2.20. The van der Waals surface area contributed by atoms with Crippen LogP contribution in [0.1, 0.15) is 76.3 Å². The second-order valence-electron chi connectivity index (χ2n) is 6.95. The van der Waals surface area contributed by atoms with Crippen LogP contribution in [0.25, 0.3) is 0 Å². The van der Waals surface area contributed by atoms with Crippen molar-refractivity contribution in [3.8, 4) is 0 Å². The van der Waals surface area contributed by atoms with E-state index < -0.39 is 0 Å². The zero-order valence-corrected chi connectivity index (χ0v) is 14.5. The number of amides is 2. The maximum atomic E-state index is 12.7. The van der Waals surface area contributed by atoms with Gasteiger partial charge in [0.2, 0.25) is 0 Å². The lowest BCUT2D eigenvalue weighted by atomic mass is 9.93. The zero-order chi connectivity index (χ0) is 16.1. The number of nitrogens with one attached hydrogen (secondary N) is 1. The van der Waals surface area contributed by atoms with Crippen LogP contribution in [0.15, 0.2) is 18.2 Å². The highest BCUT2D eigenvalue weighted by Crippen LogP contribution is 2.32. The Morgan fingerprint density at radius 3 is 1.91 bits per heavy atom. The van der Waals surface area contributed by atoms with Gasteiger partial charge in [0.15, 0.2) is 0 Å². The molecule has 1 aromatic carbocycles. The van der Waals surface area contributed by atoms with Crippen molar-refractivity contribution in [3.63, 3.8) is 0 Å². The van der Waals surface area contributed by atoms with Crippen molar-refractivity contribution in [3.05, 3.63) is 29.3 Å². The van der Waals surface area contributed by atoms with Gasteiger partial charge in [0.05, 0.1) is 0 Å². The topological polar surface area (TPSA) is 32.3 Å². The van der Waals surface area contributed by atoms with E-state index in [1.54, 1.807) is 0 Å². The smallest absolute Gasteiger partial charge is 0.321 e. The molecule has 0 unspecified atom stereocenters. The molecule has 2 amide bonds. The minimum atomic E-state index is 0.0666. The van der Waals surface area contributed by atoms with E-state index in [1.807, 2.05) is 4.90 Å². The van der Waals surface area contributed by atoms with Crippen molar-refractivity contribution < 1.29 is 4.79 Å². The predicted octanol–water partition coefficient (Wildman–Crippen LogP) is 5.34.